The number of nitrogens with zero attached hydrogens (tertiary/aromatic N) is 1. The molecule has 4 aromatic rings. The van der Waals surface area contributed by atoms with Crippen LogP contribution >= 0.6 is 22.6 Å². The fourth-order valence-corrected chi connectivity index (χ4v) is 4.28. The largest absolute Gasteiger partial charge is 0.488 e. The van der Waals surface area contributed by atoms with E-state index < -0.39 is 17.6 Å². The average Bonchev–Trinajstić information content (AvgIpc) is 2.86. The fraction of sp³-hybridized carbons (Fsp3) is 0.0714. The number of fused-ring (bicyclic) bond motifs is 1. The lowest BCUT2D eigenvalue weighted by Crippen LogP contribution is -2.14. The number of nitrogens with one attached hydrogen (secondary N) is 1. The van der Waals surface area contributed by atoms with E-state index in [0.717, 1.165) is 32.0 Å². The third-order valence-electron chi connectivity index (χ3n) is 5.34. The maximum atomic E-state index is 12.9. The number of ether oxygens (including phenoxy) is 1. The number of nitriles is 1. The van der Waals surface area contributed by atoms with Crippen LogP contribution in [0.5, 0.6) is 5.75 Å². The lowest BCUT2D eigenvalue weighted by atomic mass is 10.1. The molecule has 180 valence electrons. The van der Waals surface area contributed by atoms with E-state index in [2.05, 4.69) is 27.9 Å². The second-order valence-electron chi connectivity index (χ2n) is 7.82. The monoisotopic (exact) mass is 598 g/mol. The molecule has 0 radical (unpaired) electrons. The fourth-order valence-electron chi connectivity index (χ4n) is 3.58. The van der Waals surface area contributed by atoms with Crippen LogP contribution < -0.4 is 10.1 Å². The summed E-state index contributed by atoms with van der Waals surface area (Å²) in [4.78, 5) is 12.5. The second kappa shape index (κ2) is 10.8. The number of rotatable bonds is 6. The molecule has 0 aliphatic carbocycles. The van der Waals surface area contributed by atoms with Crippen LogP contribution in [0.25, 0.3) is 16.8 Å². The number of anilines is 1. The van der Waals surface area contributed by atoms with Crippen molar-refractivity contribution in [1.82, 2.24) is 0 Å². The van der Waals surface area contributed by atoms with Gasteiger partial charge in [-0.25, -0.2) is 0 Å². The van der Waals surface area contributed by atoms with Crippen LogP contribution in [-0.2, 0) is 17.6 Å². The summed E-state index contributed by atoms with van der Waals surface area (Å²) in [5, 5.41) is 14.0. The first-order valence-corrected chi connectivity index (χ1v) is 11.8. The molecule has 4 aromatic carbocycles. The van der Waals surface area contributed by atoms with Crippen LogP contribution in [0, 0.1) is 14.9 Å². The SMILES string of the molecule is N#C/C(=C/c1ccc(OCc2cccc3ccccc23)c(I)c1)C(=O)Nc1cccc(C(F)(F)F)c1. The number of carbonyl (C=O) groups is 1. The summed E-state index contributed by atoms with van der Waals surface area (Å²) in [5.74, 6) is -0.157. The molecule has 1 amide bonds. The molecule has 0 atom stereocenters. The number of carbonyl (C=O) groups excluding carboxylic acids is 1. The van der Waals surface area contributed by atoms with Crippen molar-refractivity contribution >= 4 is 51.0 Å². The highest BCUT2D eigenvalue weighted by Gasteiger charge is 2.30. The molecule has 0 aliphatic heterocycles. The highest BCUT2D eigenvalue weighted by Crippen LogP contribution is 2.31. The Labute approximate surface area is 219 Å². The first-order valence-electron chi connectivity index (χ1n) is 10.7. The summed E-state index contributed by atoms with van der Waals surface area (Å²) in [5.41, 5.74) is 0.436. The minimum Gasteiger partial charge on any atom is -0.488 e. The van der Waals surface area contributed by atoms with Crippen molar-refractivity contribution in [3.63, 3.8) is 0 Å². The Hall–Kier alpha value is -3.84. The first kappa shape index (κ1) is 25.3. The minimum absolute atomic E-state index is 0.0530. The van der Waals surface area contributed by atoms with Crippen molar-refractivity contribution in [3.8, 4) is 11.8 Å². The zero-order valence-corrected chi connectivity index (χ0v) is 20.8. The van der Waals surface area contributed by atoms with Crippen molar-refractivity contribution in [2.45, 2.75) is 12.8 Å². The van der Waals surface area contributed by atoms with Crippen LogP contribution in [-0.4, -0.2) is 5.91 Å². The topological polar surface area (TPSA) is 62.1 Å². The Balaban J connectivity index is 1.48. The predicted molar refractivity (Wildman–Crippen MR) is 141 cm³/mol. The maximum absolute atomic E-state index is 12.9. The summed E-state index contributed by atoms with van der Waals surface area (Å²) in [6, 6.07) is 25.3. The molecular weight excluding hydrogens is 580 g/mol. The molecule has 0 spiro atoms. The van der Waals surface area contributed by atoms with E-state index in [0.29, 0.717) is 17.9 Å². The number of benzene rings is 4. The van der Waals surface area contributed by atoms with Gasteiger partial charge in [0.1, 0.15) is 24.0 Å². The minimum atomic E-state index is -4.54. The number of halogens is 4. The van der Waals surface area contributed by atoms with Gasteiger partial charge < -0.3 is 10.1 Å². The molecule has 1 N–H and O–H groups in total. The van der Waals surface area contributed by atoms with E-state index in [9.17, 15) is 23.2 Å². The van der Waals surface area contributed by atoms with Crippen molar-refractivity contribution in [2.24, 2.45) is 0 Å². The van der Waals surface area contributed by atoms with E-state index in [1.54, 1.807) is 24.3 Å². The van der Waals surface area contributed by atoms with Crippen LogP contribution in [0.3, 0.4) is 0 Å². The van der Waals surface area contributed by atoms with Gasteiger partial charge in [-0.2, -0.15) is 18.4 Å². The van der Waals surface area contributed by atoms with E-state index in [4.69, 9.17) is 4.74 Å². The van der Waals surface area contributed by atoms with E-state index in [-0.39, 0.29) is 11.3 Å². The number of hydrogen-bond acceptors (Lipinski definition) is 3. The van der Waals surface area contributed by atoms with Gasteiger partial charge in [0, 0.05) is 5.69 Å². The van der Waals surface area contributed by atoms with Crippen LogP contribution in [0.1, 0.15) is 16.7 Å². The average molecular weight is 598 g/mol. The summed E-state index contributed by atoms with van der Waals surface area (Å²) in [6.07, 6.45) is -3.16. The summed E-state index contributed by atoms with van der Waals surface area (Å²) in [6.45, 7) is 0.370. The summed E-state index contributed by atoms with van der Waals surface area (Å²) >= 11 is 2.11. The number of amides is 1. The van der Waals surface area contributed by atoms with Gasteiger partial charge in [-0.1, -0.05) is 54.6 Å². The molecular formula is C28H18F3IN2O2. The smallest absolute Gasteiger partial charge is 0.416 e. The molecule has 0 heterocycles. The van der Waals surface area contributed by atoms with E-state index in [1.165, 1.54) is 18.2 Å². The van der Waals surface area contributed by atoms with Crippen LogP contribution in [0.15, 0.2) is 90.5 Å². The Bertz CT molecular complexity index is 1500. The normalized spacial score (nSPS) is 11.7. The quantitative estimate of drug-likeness (QED) is 0.141. The van der Waals surface area contributed by atoms with E-state index >= 15 is 0 Å². The van der Waals surface area contributed by atoms with Gasteiger partial charge in [-0.05, 0) is 80.9 Å². The van der Waals surface area contributed by atoms with Gasteiger partial charge in [0.25, 0.3) is 5.91 Å². The maximum Gasteiger partial charge on any atom is 0.416 e. The Morgan fingerprint density at radius 2 is 1.75 bits per heavy atom. The van der Waals surface area contributed by atoms with Crippen molar-refractivity contribution in [3.05, 3.63) is 111 Å². The van der Waals surface area contributed by atoms with Gasteiger partial charge in [0.05, 0.1) is 9.13 Å². The lowest BCUT2D eigenvalue weighted by molar-refractivity contribution is -0.137. The molecule has 0 bridgehead atoms. The number of alkyl halides is 3. The van der Waals surface area contributed by atoms with Crippen LogP contribution in [0.4, 0.5) is 18.9 Å². The highest BCUT2D eigenvalue weighted by molar-refractivity contribution is 14.1. The standard InChI is InChI=1S/C28H18F3IN2O2/c29-28(30,31)22-8-4-9-23(15-22)34-27(35)21(16-33)13-18-11-12-26(25(32)14-18)36-17-20-7-3-6-19-5-1-2-10-24(19)20/h1-15H,17H2,(H,34,35)/b21-13-. The molecule has 0 saturated carbocycles. The zero-order valence-electron chi connectivity index (χ0n) is 18.6. The molecule has 0 aromatic heterocycles. The lowest BCUT2D eigenvalue weighted by Gasteiger charge is -2.11. The van der Waals surface area contributed by atoms with Crippen LogP contribution in [0.2, 0.25) is 0 Å². The number of hydrogen-bond donors (Lipinski definition) is 1. The Morgan fingerprint density at radius 1 is 1.00 bits per heavy atom. The van der Waals surface area contributed by atoms with Gasteiger partial charge in [0.15, 0.2) is 0 Å². The molecule has 4 nitrogen and oxygen atoms in total. The second-order valence-corrected chi connectivity index (χ2v) is 8.98. The Kier molecular flexibility index (Phi) is 7.60. The van der Waals surface area contributed by atoms with Crippen molar-refractivity contribution in [1.29, 1.82) is 5.26 Å². The van der Waals surface area contributed by atoms with Gasteiger partial charge in [-0.15, -0.1) is 0 Å². The molecule has 8 heteroatoms. The van der Waals surface area contributed by atoms with E-state index in [1.807, 2.05) is 42.5 Å². The van der Waals surface area contributed by atoms with Crippen molar-refractivity contribution < 1.29 is 22.7 Å². The summed E-state index contributed by atoms with van der Waals surface area (Å²) in [7, 11) is 0. The molecule has 36 heavy (non-hydrogen) atoms. The predicted octanol–water partition coefficient (Wildman–Crippen LogP) is 7.59. The third kappa shape index (κ3) is 6.04. The molecule has 4 rings (SSSR count). The van der Waals surface area contributed by atoms with Gasteiger partial charge >= 0.3 is 6.18 Å². The molecule has 0 aliphatic rings. The molecule has 0 saturated heterocycles. The van der Waals surface area contributed by atoms with Gasteiger partial charge in [0.2, 0.25) is 0 Å². The summed E-state index contributed by atoms with van der Waals surface area (Å²) < 4.78 is 45.6. The van der Waals surface area contributed by atoms with Crippen molar-refractivity contribution in [2.75, 3.05) is 5.32 Å². The molecule has 0 fully saturated rings. The van der Waals surface area contributed by atoms with Gasteiger partial charge in [-0.3, -0.25) is 4.79 Å². The third-order valence-corrected chi connectivity index (χ3v) is 6.19. The zero-order chi connectivity index (χ0) is 25.7. The first-order chi connectivity index (χ1) is 17.2. The Morgan fingerprint density at radius 3 is 2.50 bits per heavy atom. The highest BCUT2D eigenvalue weighted by atomic mass is 127. The molecule has 0 unspecified atom stereocenters.